The zero-order chi connectivity index (χ0) is 11.5. The van der Waals surface area contributed by atoms with E-state index in [1.807, 2.05) is 6.07 Å². The molecule has 0 spiro atoms. The summed E-state index contributed by atoms with van der Waals surface area (Å²) in [6.45, 7) is 0. The number of hydrogen-bond acceptors (Lipinski definition) is 3. The molecule has 7 heteroatoms. The zero-order valence-electron chi connectivity index (χ0n) is 7.87. The van der Waals surface area contributed by atoms with Crippen LogP contribution in [0.4, 0.5) is 5.95 Å². The van der Waals surface area contributed by atoms with E-state index in [0.717, 1.165) is 4.47 Å². The Balaban J connectivity index is 2.24. The topological polar surface area (TPSA) is 70.7 Å². The number of benzene rings is 1. The molecule has 0 radical (unpaired) electrons. The lowest BCUT2D eigenvalue weighted by Crippen LogP contribution is -2.13. The largest absolute Gasteiger partial charge is 0.291 e. The molecule has 0 aliphatic heterocycles. The SMILES string of the molecule is O=C(Nc1ncn[nH]1)c1cc(Br)ccc1Br. The first kappa shape index (κ1) is 11.3. The number of halogens is 2. The predicted molar refractivity (Wildman–Crippen MR) is 66.2 cm³/mol. The van der Waals surface area contributed by atoms with Gasteiger partial charge in [-0.2, -0.15) is 10.1 Å². The maximum Gasteiger partial charge on any atom is 0.259 e. The Morgan fingerprint density at radius 1 is 1.38 bits per heavy atom. The van der Waals surface area contributed by atoms with Crippen molar-refractivity contribution in [2.45, 2.75) is 0 Å². The van der Waals surface area contributed by atoms with Crippen molar-refractivity contribution in [3.8, 4) is 0 Å². The molecule has 0 atom stereocenters. The molecule has 0 fully saturated rings. The van der Waals surface area contributed by atoms with Crippen LogP contribution in [-0.4, -0.2) is 21.1 Å². The van der Waals surface area contributed by atoms with Crippen LogP contribution in [0.1, 0.15) is 10.4 Å². The molecule has 2 aromatic rings. The molecule has 0 unspecified atom stereocenters. The molecule has 2 N–H and O–H groups in total. The van der Waals surface area contributed by atoms with Crippen molar-refractivity contribution < 1.29 is 4.79 Å². The molecule has 0 aliphatic rings. The molecule has 1 aromatic heterocycles. The third kappa shape index (κ3) is 2.48. The van der Waals surface area contributed by atoms with Gasteiger partial charge in [0.25, 0.3) is 5.91 Å². The van der Waals surface area contributed by atoms with Gasteiger partial charge in [-0.25, -0.2) is 5.10 Å². The van der Waals surface area contributed by atoms with Crippen LogP contribution in [0.25, 0.3) is 0 Å². The van der Waals surface area contributed by atoms with E-state index >= 15 is 0 Å². The second-order valence-electron chi connectivity index (χ2n) is 2.91. The summed E-state index contributed by atoms with van der Waals surface area (Å²) < 4.78 is 1.55. The fourth-order valence-electron chi connectivity index (χ4n) is 1.11. The summed E-state index contributed by atoms with van der Waals surface area (Å²) in [5.41, 5.74) is 0.519. The fraction of sp³-hybridized carbons (Fsp3) is 0. The highest BCUT2D eigenvalue weighted by Crippen LogP contribution is 2.22. The minimum atomic E-state index is -0.259. The van der Waals surface area contributed by atoms with E-state index in [1.54, 1.807) is 12.1 Å². The molecule has 1 heterocycles. The highest BCUT2D eigenvalue weighted by atomic mass is 79.9. The molecular formula is C9H6Br2N4O. The number of carbonyl (C=O) groups is 1. The second-order valence-corrected chi connectivity index (χ2v) is 4.68. The van der Waals surface area contributed by atoms with Gasteiger partial charge in [-0.15, -0.1) is 0 Å². The van der Waals surface area contributed by atoms with Gasteiger partial charge in [0.1, 0.15) is 6.33 Å². The van der Waals surface area contributed by atoms with Gasteiger partial charge in [-0.3, -0.25) is 10.1 Å². The normalized spacial score (nSPS) is 10.1. The Labute approximate surface area is 108 Å². The lowest BCUT2D eigenvalue weighted by atomic mass is 10.2. The molecule has 82 valence electrons. The van der Waals surface area contributed by atoms with Crippen LogP contribution in [-0.2, 0) is 0 Å². The average molecular weight is 346 g/mol. The Kier molecular flexibility index (Phi) is 3.35. The van der Waals surface area contributed by atoms with Crippen LogP contribution in [0.2, 0.25) is 0 Å². The minimum Gasteiger partial charge on any atom is -0.291 e. The number of hydrogen-bond donors (Lipinski definition) is 2. The Morgan fingerprint density at radius 3 is 2.88 bits per heavy atom. The van der Waals surface area contributed by atoms with Crippen LogP contribution in [0.3, 0.4) is 0 Å². The summed E-state index contributed by atoms with van der Waals surface area (Å²) in [6.07, 6.45) is 1.32. The molecule has 5 nitrogen and oxygen atoms in total. The van der Waals surface area contributed by atoms with Crippen molar-refractivity contribution in [1.29, 1.82) is 0 Å². The lowest BCUT2D eigenvalue weighted by molar-refractivity contribution is 0.102. The van der Waals surface area contributed by atoms with Gasteiger partial charge in [0.05, 0.1) is 5.56 Å². The van der Waals surface area contributed by atoms with Crippen molar-refractivity contribution >= 4 is 43.7 Å². The van der Waals surface area contributed by atoms with Crippen molar-refractivity contribution in [3.05, 3.63) is 39.0 Å². The third-order valence-electron chi connectivity index (χ3n) is 1.82. The molecule has 1 amide bonds. The van der Waals surface area contributed by atoms with E-state index in [-0.39, 0.29) is 5.91 Å². The van der Waals surface area contributed by atoms with Gasteiger partial charge in [0.2, 0.25) is 5.95 Å². The number of carbonyl (C=O) groups excluding carboxylic acids is 1. The second kappa shape index (κ2) is 4.75. The Bertz CT molecular complexity index is 512. The van der Waals surface area contributed by atoms with E-state index < -0.39 is 0 Å². The maximum atomic E-state index is 11.8. The first-order chi connectivity index (χ1) is 7.66. The summed E-state index contributed by atoms with van der Waals surface area (Å²) in [7, 11) is 0. The maximum absolute atomic E-state index is 11.8. The number of aromatic nitrogens is 3. The molecule has 0 saturated heterocycles. The Hall–Kier alpha value is -1.21. The molecule has 0 saturated carbocycles. The molecule has 0 bridgehead atoms. The summed E-state index contributed by atoms with van der Waals surface area (Å²) >= 11 is 6.61. The molecular weight excluding hydrogens is 340 g/mol. The monoisotopic (exact) mass is 344 g/mol. The highest BCUT2D eigenvalue weighted by Gasteiger charge is 2.11. The molecule has 2 rings (SSSR count). The highest BCUT2D eigenvalue weighted by molar-refractivity contribution is 9.11. The molecule has 16 heavy (non-hydrogen) atoms. The summed E-state index contributed by atoms with van der Waals surface area (Å²) in [4.78, 5) is 15.6. The van der Waals surface area contributed by atoms with Gasteiger partial charge in [0.15, 0.2) is 0 Å². The van der Waals surface area contributed by atoms with Crippen LogP contribution < -0.4 is 5.32 Å². The van der Waals surface area contributed by atoms with Crippen LogP contribution >= 0.6 is 31.9 Å². The smallest absolute Gasteiger partial charge is 0.259 e. The number of nitrogens with one attached hydrogen (secondary N) is 2. The number of anilines is 1. The quantitative estimate of drug-likeness (QED) is 0.878. The van der Waals surface area contributed by atoms with Crippen molar-refractivity contribution in [2.75, 3.05) is 5.32 Å². The van der Waals surface area contributed by atoms with Gasteiger partial charge in [0, 0.05) is 8.95 Å². The summed E-state index contributed by atoms with van der Waals surface area (Å²) in [5, 5.41) is 8.78. The fourth-order valence-corrected chi connectivity index (χ4v) is 1.90. The zero-order valence-corrected chi connectivity index (χ0v) is 11.0. The number of H-pyrrole nitrogens is 1. The van der Waals surface area contributed by atoms with E-state index in [4.69, 9.17) is 0 Å². The van der Waals surface area contributed by atoms with Crippen molar-refractivity contribution in [2.24, 2.45) is 0 Å². The number of nitrogens with zero attached hydrogens (tertiary/aromatic N) is 2. The van der Waals surface area contributed by atoms with Gasteiger partial charge in [-0.05, 0) is 34.1 Å². The molecule has 0 aliphatic carbocycles. The number of amides is 1. The third-order valence-corrected chi connectivity index (χ3v) is 3.00. The van der Waals surface area contributed by atoms with E-state index in [2.05, 4.69) is 52.4 Å². The van der Waals surface area contributed by atoms with Gasteiger partial charge >= 0.3 is 0 Å². The van der Waals surface area contributed by atoms with E-state index in [9.17, 15) is 4.79 Å². The first-order valence-corrected chi connectivity index (χ1v) is 5.87. The summed E-state index contributed by atoms with van der Waals surface area (Å²) in [6, 6.07) is 5.35. The van der Waals surface area contributed by atoms with Crippen LogP contribution in [0, 0.1) is 0 Å². The number of aromatic amines is 1. The summed E-state index contributed by atoms with van der Waals surface area (Å²) in [5.74, 6) is 0.0572. The number of rotatable bonds is 2. The lowest BCUT2D eigenvalue weighted by Gasteiger charge is -2.04. The standard InChI is InChI=1S/C9H6Br2N4O/c10-5-1-2-7(11)6(3-5)8(16)14-9-12-4-13-15-9/h1-4H,(H2,12,13,14,15,16). The van der Waals surface area contributed by atoms with Crippen molar-refractivity contribution in [1.82, 2.24) is 15.2 Å². The first-order valence-electron chi connectivity index (χ1n) is 4.28. The molecule has 1 aromatic carbocycles. The van der Waals surface area contributed by atoms with Crippen LogP contribution in [0.15, 0.2) is 33.5 Å². The van der Waals surface area contributed by atoms with Gasteiger partial charge < -0.3 is 0 Å². The average Bonchev–Trinajstić information content (AvgIpc) is 2.74. The Morgan fingerprint density at radius 2 is 2.19 bits per heavy atom. The van der Waals surface area contributed by atoms with Gasteiger partial charge in [-0.1, -0.05) is 15.9 Å². The van der Waals surface area contributed by atoms with E-state index in [0.29, 0.717) is 16.0 Å². The predicted octanol–water partition coefficient (Wildman–Crippen LogP) is 2.58. The van der Waals surface area contributed by atoms with Crippen molar-refractivity contribution in [3.63, 3.8) is 0 Å². The van der Waals surface area contributed by atoms with E-state index in [1.165, 1.54) is 6.33 Å². The minimum absolute atomic E-state index is 0.259. The van der Waals surface area contributed by atoms with Crippen LogP contribution in [0.5, 0.6) is 0 Å².